The first kappa shape index (κ1) is 11.3. The van der Waals surface area contributed by atoms with Gasteiger partial charge < -0.3 is 9.88 Å². The van der Waals surface area contributed by atoms with Crippen molar-refractivity contribution in [3.05, 3.63) is 47.5 Å². The molecule has 0 bridgehead atoms. The van der Waals surface area contributed by atoms with E-state index >= 15 is 0 Å². The van der Waals surface area contributed by atoms with Gasteiger partial charge in [-0.25, -0.2) is 9.37 Å². The molecule has 4 heteroatoms. The summed E-state index contributed by atoms with van der Waals surface area (Å²) < 4.78 is 16.0. The van der Waals surface area contributed by atoms with E-state index in [9.17, 15) is 4.39 Å². The minimum atomic E-state index is -0.137. The zero-order chi connectivity index (χ0) is 12.5. The highest BCUT2D eigenvalue weighted by molar-refractivity contribution is 5.36. The number of aryl methyl sites for hydroxylation is 1. The Morgan fingerprint density at radius 1 is 1.44 bits per heavy atom. The number of aromatic nitrogens is 2. The summed E-state index contributed by atoms with van der Waals surface area (Å²) in [5, 5.41) is 3.27. The summed E-state index contributed by atoms with van der Waals surface area (Å²) in [6.45, 7) is 2.91. The van der Waals surface area contributed by atoms with Crippen LogP contribution in [-0.4, -0.2) is 16.1 Å². The van der Waals surface area contributed by atoms with Crippen LogP contribution in [-0.2, 0) is 6.42 Å². The van der Waals surface area contributed by atoms with Crippen molar-refractivity contribution in [2.75, 3.05) is 11.9 Å². The topological polar surface area (TPSA) is 29.9 Å². The van der Waals surface area contributed by atoms with Crippen molar-refractivity contribution >= 4 is 5.95 Å². The number of imidazole rings is 1. The van der Waals surface area contributed by atoms with Gasteiger partial charge in [-0.3, -0.25) is 0 Å². The van der Waals surface area contributed by atoms with Crippen molar-refractivity contribution < 1.29 is 4.39 Å². The predicted octanol–water partition coefficient (Wildman–Crippen LogP) is 2.99. The van der Waals surface area contributed by atoms with Gasteiger partial charge in [0.2, 0.25) is 5.95 Å². The number of nitrogens with one attached hydrogen (secondary N) is 1. The molecule has 0 aliphatic carbocycles. The van der Waals surface area contributed by atoms with Crippen LogP contribution in [0.1, 0.15) is 30.6 Å². The predicted molar refractivity (Wildman–Crippen MR) is 69.3 cm³/mol. The van der Waals surface area contributed by atoms with Crippen molar-refractivity contribution in [1.82, 2.24) is 9.55 Å². The first-order chi connectivity index (χ1) is 8.79. The first-order valence-corrected chi connectivity index (χ1v) is 6.35. The Morgan fingerprint density at radius 2 is 2.28 bits per heavy atom. The molecule has 1 unspecified atom stereocenters. The van der Waals surface area contributed by atoms with Gasteiger partial charge in [0.15, 0.2) is 0 Å². The van der Waals surface area contributed by atoms with Crippen LogP contribution in [0.3, 0.4) is 0 Å². The molecule has 2 aromatic rings. The second-order valence-corrected chi connectivity index (χ2v) is 4.57. The number of fused-ring (bicyclic) bond motifs is 1. The fourth-order valence-corrected chi connectivity index (χ4v) is 2.49. The quantitative estimate of drug-likeness (QED) is 0.881. The van der Waals surface area contributed by atoms with E-state index in [0.29, 0.717) is 0 Å². The molecule has 1 N–H and O–H groups in total. The molecule has 94 valence electrons. The maximum absolute atomic E-state index is 13.9. The molecule has 0 saturated carbocycles. The molecular weight excluding hydrogens is 229 g/mol. The minimum absolute atomic E-state index is 0.0512. The fourth-order valence-electron chi connectivity index (χ4n) is 2.49. The lowest BCUT2D eigenvalue weighted by molar-refractivity contribution is 0.496. The van der Waals surface area contributed by atoms with Crippen molar-refractivity contribution in [1.29, 1.82) is 0 Å². The van der Waals surface area contributed by atoms with Gasteiger partial charge in [-0.2, -0.15) is 0 Å². The molecule has 1 atom stereocenters. The molecule has 2 heterocycles. The zero-order valence-corrected chi connectivity index (χ0v) is 10.4. The SMILES string of the molecule is CCc1cn2c(n1)NCCC2c1ccccc1F. The van der Waals surface area contributed by atoms with Gasteiger partial charge in [0.05, 0.1) is 11.7 Å². The summed E-state index contributed by atoms with van der Waals surface area (Å²) in [5.74, 6) is 0.716. The summed E-state index contributed by atoms with van der Waals surface area (Å²) >= 11 is 0. The molecule has 3 rings (SSSR count). The monoisotopic (exact) mass is 245 g/mol. The average molecular weight is 245 g/mol. The average Bonchev–Trinajstić information content (AvgIpc) is 2.82. The van der Waals surface area contributed by atoms with Crippen molar-refractivity contribution in [2.45, 2.75) is 25.8 Å². The molecule has 3 nitrogen and oxygen atoms in total. The number of rotatable bonds is 2. The van der Waals surface area contributed by atoms with Gasteiger partial charge in [-0.05, 0) is 18.9 Å². The fraction of sp³-hybridized carbons (Fsp3) is 0.357. The number of halogens is 1. The van der Waals surface area contributed by atoms with E-state index in [1.165, 1.54) is 6.07 Å². The van der Waals surface area contributed by atoms with Gasteiger partial charge in [-0.15, -0.1) is 0 Å². The molecule has 0 saturated heterocycles. The molecule has 1 aliphatic heterocycles. The van der Waals surface area contributed by atoms with Crippen LogP contribution >= 0.6 is 0 Å². The summed E-state index contributed by atoms with van der Waals surface area (Å²) in [4.78, 5) is 4.50. The summed E-state index contributed by atoms with van der Waals surface area (Å²) in [5.41, 5.74) is 1.79. The Kier molecular flexibility index (Phi) is 2.78. The van der Waals surface area contributed by atoms with E-state index in [-0.39, 0.29) is 11.9 Å². The van der Waals surface area contributed by atoms with E-state index < -0.39 is 0 Å². The van der Waals surface area contributed by atoms with Gasteiger partial charge in [0.25, 0.3) is 0 Å². The lowest BCUT2D eigenvalue weighted by Crippen LogP contribution is -2.24. The van der Waals surface area contributed by atoms with Crippen LogP contribution in [0.5, 0.6) is 0 Å². The molecule has 0 spiro atoms. The Hall–Kier alpha value is -1.84. The number of hydrogen-bond acceptors (Lipinski definition) is 2. The normalized spacial score (nSPS) is 18.2. The van der Waals surface area contributed by atoms with E-state index in [0.717, 1.165) is 36.6 Å². The molecule has 18 heavy (non-hydrogen) atoms. The highest BCUT2D eigenvalue weighted by Gasteiger charge is 2.24. The summed E-state index contributed by atoms with van der Waals surface area (Å²) in [6.07, 6.45) is 3.80. The number of hydrogen-bond donors (Lipinski definition) is 1. The minimum Gasteiger partial charge on any atom is -0.356 e. The highest BCUT2D eigenvalue weighted by Crippen LogP contribution is 2.31. The van der Waals surface area contributed by atoms with E-state index in [2.05, 4.69) is 21.8 Å². The van der Waals surface area contributed by atoms with Crippen LogP contribution in [0.2, 0.25) is 0 Å². The maximum Gasteiger partial charge on any atom is 0.203 e. The number of anilines is 1. The van der Waals surface area contributed by atoms with E-state index in [1.54, 1.807) is 6.07 Å². The molecule has 0 radical (unpaired) electrons. The summed E-state index contributed by atoms with van der Waals surface area (Å²) in [7, 11) is 0. The van der Waals surface area contributed by atoms with Crippen LogP contribution in [0.4, 0.5) is 10.3 Å². The van der Waals surface area contributed by atoms with Crippen LogP contribution in [0.15, 0.2) is 30.5 Å². The van der Waals surface area contributed by atoms with Gasteiger partial charge in [-0.1, -0.05) is 25.1 Å². The molecule has 0 amide bonds. The molecule has 1 aromatic carbocycles. The standard InChI is InChI=1S/C14H16FN3/c1-2-10-9-18-13(7-8-16-14(18)17-10)11-5-3-4-6-12(11)15/h3-6,9,13H,2,7-8H2,1H3,(H,16,17). The Morgan fingerprint density at radius 3 is 3.06 bits per heavy atom. The lowest BCUT2D eigenvalue weighted by atomic mass is 10.0. The zero-order valence-electron chi connectivity index (χ0n) is 10.4. The van der Waals surface area contributed by atoms with Crippen molar-refractivity contribution in [2.24, 2.45) is 0 Å². The Balaban J connectivity index is 2.06. The molecule has 0 fully saturated rings. The van der Waals surface area contributed by atoms with Crippen molar-refractivity contribution in [3.8, 4) is 0 Å². The molecular formula is C14H16FN3. The number of nitrogens with zero attached hydrogens (tertiary/aromatic N) is 2. The third kappa shape index (κ3) is 1.78. The third-order valence-corrected chi connectivity index (χ3v) is 3.45. The molecule has 1 aliphatic rings. The Labute approximate surface area is 106 Å². The largest absolute Gasteiger partial charge is 0.356 e. The third-order valence-electron chi connectivity index (χ3n) is 3.45. The van der Waals surface area contributed by atoms with E-state index in [4.69, 9.17) is 0 Å². The van der Waals surface area contributed by atoms with Gasteiger partial charge in [0, 0.05) is 18.3 Å². The second-order valence-electron chi connectivity index (χ2n) is 4.57. The van der Waals surface area contributed by atoms with Crippen LogP contribution < -0.4 is 5.32 Å². The van der Waals surface area contributed by atoms with E-state index in [1.807, 2.05) is 18.3 Å². The van der Waals surface area contributed by atoms with Crippen LogP contribution in [0, 0.1) is 5.82 Å². The summed E-state index contributed by atoms with van der Waals surface area (Å²) in [6, 6.07) is 7.05. The van der Waals surface area contributed by atoms with Crippen molar-refractivity contribution in [3.63, 3.8) is 0 Å². The maximum atomic E-state index is 13.9. The number of benzene rings is 1. The van der Waals surface area contributed by atoms with Crippen LogP contribution in [0.25, 0.3) is 0 Å². The molecule has 1 aromatic heterocycles. The highest BCUT2D eigenvalue weighted by atomic mass is 19.1. The van der Waals surface area contributed by atoms with Gasteiger partial charge >= 0.3 is 0 Å². The second kappa shape index (κ2) is 4.44. The Bertz CT molecular complexity index is 562. The lowest BCUT2D eigenvalue weighted by Gasteiger charge is -2.26. The smallest absolute Gasteiger partial charge is 0.203 e. The van der Waals surface area contributed by atoms with Gasteiger partial charge in [0.1, 0.15) is 5.82 Å². The first-order valence-electron chi connectivity index (χ1n) is 6.35.